The number of anilines is 1. The normalized spacial score (nSPS) is 23.6. The average molecular weight is 431 g/mol. The molecule has 162 valence electrons. The van der Waals surface area contributed by atoms with Gasteiger partial charge in [0.1, 0.15) is 30.3 Å². The number of aryl methyl sites for hydroxylation is 1. The summed E-state index contributed by atoms with van der Waals surface area (Å²) in [7, 11) is 0. The second-order valence-electron chi connectivity index (χ2n) is 9.20. The first-order valence-electron chi connectivity index (χ1n) is 11.3. The minimum Gasteiger partial charge on any atom is -0.370 e. The second kappa shape index (κ2) is 8.40. The van der Waals surface area contributed by atoms with Crippen molar-refractivity contribution in [1.29, 1.82) is 0 Å². The lowest BCUT2D eigenvalue weighted by Crippen LogP contribution is -3.12. The minimum atomic E-state index is -0.166. The number of hydrogen-bond donors (Lipinski definition) is 2. The summed E-state index contributed by atoms with van der Waals surface area (Å²) in [4.78, 5) is 28.3. The Morgan fingerprint density at radius 1 is 1.23 bits per heavy atom. The van der Waals surface area contributed by atoms with Crippen molar-refractivity contribution in [3.05, 3.63) is 16.3 Å². The van der Waals surface area contributed by atoms with Crippen molar-refractivity contribution in [1.82, 2.24) is 9.97 Å². The van der Waals surface area contributed by atoms with E-state index in [1.165, 1.54) is 27.1 Å². The first kappa shape index (κ1) is 20.2. The number of amides is 1. The Morgan fingerprint density at radius 2 is 2.00 bits per heavy atom. The van der Waals surface area contributed by atoms with Gasteiger partial charge in [0.05, 0.1) is 18.6 Å². The van der Waals surface area contributed by atoms with Gasteiger partial charge in [0.15, 0.2) is 5.82 Å². The monoisotopic (exact) mass is 430 g/mol. The highest BCUT2D eigenvalue weighted by Crippen LogP contribution is 2.41. The molecule has 0 radical (unpaired) electrons. The molecule has 8 heteroatoms. The molecule has 5 rings (SSSR count). The number of primary amides is 1. The van der Waals surface area contributed by atoms with Crippen molar-refractivity contribution < 1.29 is 14.4 Å². The zero-order valence-corrected chi connectivity index (χ0v) is 18.6. The molecule has 7 nitrogen and oxygen atoms in total. The average Bonchev–Trinajstić information content (AvgIpc) is 3.11. The Bertz CT molecular complexity index is 931. The van der Waals surface area contributed by atoms with Gasteiger partial charge in [0, 0.05) is 23.9 Å². The van der Waals surface area contributed by atoms with Crippen LogP contribution in [0.25, 0.3) is 10.2 Å². The van der Waals surface area contributed by atoms with E-state index in [4.69, 9.17) is 20.4 Å². The second-order valence-corrected chi connectivity index (χ2v) is 10.3. The van der Waals surface area contributed by atoms with Crippen LogP contribution < -0.4 is 15.5 Å². The van der Waals surface area contributed by atoms with Crippen LogP contribution in [0.1, 0.15) is 42.5 Å². The molecular formula is C22H32N5O2S+. The van der Waals surface area contributed by atoms with Crippen LogP contribution in [0.4, 0.5) is 5.82 Å². The number of quaternary nitrogens is 1. The molecule has 0 aromatic carbocycles. The van der Waals surface area contributed by atoms with Crippen molar-refractivity contribution in [2.24, 2.45) is 17.6 Å². The van der Waals surface area contributed by atoms with Crippen molar-refractivity contribution in [3.8, 4) is 0 Å². The number of hydrogen-bond acceptors (Lipinski definition) is 6. The lowest BCUT2D eigenvalue weighted by Gasteiger charge is -2.32. The predicted octanol–water partition coefficient (Wildman–Crippen LogP) is 0.933. The smallest absolute Gasteiger partial charge is 0.220 e. The predicted molar refractivity (Wildman–Crippen MR) is 118 cm³/mol. The summed E-state index contributed by atoms with van der Waals surface area (Å²) in [5.74, 6) is 2.61. The van der Waals surface area contributed by atoms with Crippen molar-refractivity contribution in [2.75, 3.05) is 44.3 Å². The van der Waals surface area contributed by atoms with E-state index in [0.717, 1.165) is 94.0 Å². The summed E-state index contributed by atoms with van der Waals surface area (Å²) in [6.07, 6.45) is 5.15. The largest absolute Gasteiger partial charge is 0.370 e. The van der Waals surface area contributed by atoms with E-state index in [-0.39, 0.29) is 11.8 Å². The first-order valence-corrected chi connectivity index (χ1v) is 12.2. The summed E-state index contributed by atoms with van der Waals surface area (Å²) < 4.78 is 5.52. The topological polar surface area (TPSA) is 85.8 Å². The zero-order chi connectivity index (χ0) is 20.7. The summed E-state index contributed by atoms with van der Waals surface area (Å²) in [6, 6.07) is 0. The van der Waals surface area contributed by atoms with Gasteiger partial charge in [-0.3, -0.25) is 4.79 Å². The molecule has 0 saturated carbocycles. The Labute approximate surface area is 181 Å². The summed E-state index contributed by atoms with van der Waals surface area (Å²) in [6.45, 7) is 8.53. The summed E-state index contributed by atoms with van der Waals surface area (Å²) >= 11 is 1.88. The fourth-order valence-electron chi connectivity index (χ4n) is 5.11. The van der Waals surface area contributed by atoms with Crippen LogP contribution in [-0.4, -0.2) is 55.3 Å². The van der Waals surface area contributed by atoms with Crippen LogP contribution in [0.5, 0.6) is 0 Å². The van der Waals surface area contributed by atoms with Crippen LogP contribution in [0.3, 0.4) is 0 Å². The van der Waals surface area contributed by atoms with E-state index in [1.807, 2.05) is 11.3 Å². The molecule has 4 heterocycles. The number of carbonyl (C=O) groups excluding carboxylic acids is 1. The van der Waals surface area contributed by atoms with Crippen molar-refractivity contribution in [2.45, 2.75) is 45.6 Å². The van der Waals surface area contributed by atoms with Gasteiger partial charge in [-0.05, 0) is 43.6 Å². The highest BCUT2D eigenvalue weighted by Gasteiger charge is 2.30. The highest BCUT2D eigenvalue weighted by molar-refractivity contribution is 7.19. The van der Waals surface area contributed by atoms with Gasteiger partial charge >= 0.3 is 0 Å². The molecule has 0 bridgehead atoms. The molecule has 1 atom stereocenters. The molecule has 3 aliphatic rings. The van der Waals surface area contributed by atoms with E-state index < -0.39 is 0 Å². The minimum absolute atomic E-state index is 0.00641. The number of thiophene rings is 1. The molecule has 2 fully saturated rings. The van der Waals surface area contributed by atoms with E-state index in [2.05, 4.69) is 11.8 Å². The Kier molecular flexibility index (Phi) is 5.64. The van der Waals surface area contributed by atoms with Crippen LogP contribution in [0.15, 0.2) is 0 Å². The standard InChI is InChI=1S/C22H31N5O2S/c1-14-2-3-16-17(12-14)30-22-19(16)21(27-6-4-15(5-7-27)20(23)28)24-18(25-22)13-26-8-10-29-11-9-26/h14-15H,2-13H2,1H3,(H2,23,28)/p+1/t14-/m1/s1. The number of fused-ring (bicyclic) bond motifs is 3. The Hall–Kier alpha value is -1.77. The quantitative estimate of drug-likeness (QED) is 0.754. The maximum absolute atomic E-state index is 11.6. The lowest BCUT2D eigenvalue weighted by molar-refractivity contribution is -0.922. The number of carbonyl (C=O) groups is 1. The number of rotatable bonds is 4. The van der Waals surface area contributed by atoms with Crippen molar-refractivity contribution in [3.63, 3.8) is 0 Å². The van der Waals surface area contributed by atoms with E-state index in [1.54, 1.807) is 0 Å². The number of aromatic nitrogens is 2. The molecule has 30 heavy (non-hydrogen) atoms. The van der Waals surface area contributed by atoms with Gasteiger partial charge in [-0.1, -0.05) is 6.92 Å². The highest BCUT2D eigenvalue weighted by atomic mass is 32.1. The maximum atomic E-state index is 11.6. The molecule has 2 aromatic rings. The molecule has 1 aliphatic carbocycles. The molecule has 1 amide bonds. The van der Waals surface area contributed by atoms with Crippen LogP contribution in [-0.2, 0) is 28.9 Å². The number of morpholine rings is 1. The van der Waals surface area contributed by atoms with E-state index in [9.17, 15) is 4.79 Å². The molecule has 3 N–H and O–H groups in total. The lowest BCUT2D eigenvalue weighted by atomic mass is 9.89. The Morgan fingerprint density at radius 3 is 2.73 bits per heavy atom. The third-order valence-electron chi connectivity index (χ3n) is 6.99. The van der Waals surface area contributed by atoms with Gasteiger partial charge in [0.2, 0.25) is 5.91 Å². The summed E-state index contributed by atoms with van der Waals surface area (Å²) in [5.41, 5.74) is 7.04. The number of nitrogens with one attached hydrogen (secondary N) is 1. The zero-order valence-electron chi connectivity index (χ0n) is 17.8. The van der Waals surface area contributed by atoms with Gasteiger partial charge in [-0.2, -0.15) is 0 Å². The molecule has 0 spiro atoms. The van der Waals surface area contributed by atoms with Crippen molar-refractivity contribution >= 4 is 33.3 Å². The third-order valence-corrected chi connectivity index (χ3v) is 8.14. The van der Waals surface area contributed by atoms with E-state index >= 15 is 0 Å². The van der Waals surface area contributed by atoms with Gasteiger partial charge < -0.3 is 20.3 Å². The maximum Gasteiger partial charge on any atom is 0.220 e. The fourth-order valence-corrected chi connectivity index (χ4v) is 6.51. The van der Waals surface area contributed by atoms with Gasteiger partial charge in [-0.15, -0.1) is 11.3 Å². The van der Waals surface area contributed by atoms with Crippen LogP contribution >= 0.6 is 11.3 Å². The third kappa shape index (κ3) is 3.92. The number of nitrogens with two attached hydrogens (primary N) is 1. The fraction of sp³-hybridized carbons (Fsp3) is 0.682. The Balaban J connectivity index is 1.51. The SMILES string of the molecule is C[C@@H]1CCc2c(sc3nc(C[NH+]4CCOCC4)nc(N4CCC(C(N)=O)CC4)c23)C1. The van der Waals surface area contributed by atoms with Gasteiger partial charge in [-0.25, -0.2) is 9.97 Å². The molecule has 2 aromatic heterocycles. The van der Waals surface area contributed by atoms with E-state index in [0.29, 0.717) is 0 Å². The summed E-state index contributed by atoms with van der Waals surface area (Å²) in [5, 5.41) is 1.28. The van der Waals surface area contributed by atoms with Gasteiger partial charge in [0.25, 0.3) is 0 Å². The molecule has 2 aliphatic heterocycles. The molecule has 2 saturated heterocycles. The number of piperidine rings is 1. The van der Waals surface area contributed by atoms with Crippen LogP contribution in [0.2, 0.25) is 0 Å². The number of nitrogens with zero attached hydrogens (tertiary/aromatic N) is 3. The molecular weight excluding hydrogens is 398 g/mol. The van der Waals surface area contributed by atoms with Crippen LogP contribution in [0, 0.1) is 11.8 Å². The first-order chi connectivity index (χ1) is 14.6. The number of ether oxygens (including phenoxy) is 1. The molecule has 0 unspecified atom stereocenters.